The third-order valence-corrected chi connectivity index (χ3v) is 13.1. The topological polar surface area (TPSA) is 305 Å². The van der Waals surface area contributed by atoms with Gasteiger partial charge < -0.3 is 10.6 Å². The van der Waals surface area contributed by atoms with Crippen LogP contribution in [-0.2, 0) is 51.1 Å². The molecule has 0 amide bonds. The minimum Gasteiger partial charge on any atom is -0.368 e. The van der Waals surface area contributed by atoms with Crippen LogP contribution >= 0.6 is 11.3 Å². The number of aryl methyl sites for hydroxylation is 1. The van der Waals surface area contributed by atoms with E-state index in [4.69, 9.17) is 4.55 Å². The number of thiazole rings is 1. The van der Waals surface area contributed by atoms with Gasteiger partial charge in [-0.3, -0.25) is 13.7 Å². The molecule has 0 aliphatic heterocycles. The summed E-state index contributed by atoms with van der Waals surface area (Å²) in [5.41, 5.74) is 1.07. The predicted molar refractivity (Wildman–Crippen MR) is 209 cm³/mol. The van der Waals surface area contributed by atoms with Crippen molar-refractivity contribution in [1.82, 2.24) is 9.97 Å². The number of aromatic nitrogens is 2. The first-order chi connectivity index (χ1) is 26.6. The average Bonchev–Trinajstić information content (AvgIpc) is 3.56. The molecule has 0 saturated heterocycles. The summed E-state index contributed by atoms with van der Waals surface area (Å²) in [4.78, 5) is 7.81. The molecule has 0 bridgehead atoms. The van der Waals surface area contributed by atoms with E-state index in [2.05, 4.69) is 41.6 Å². The SMILES string of the molecule is C=CS(=O)(=O)c1ccc(CCNc2nc(NCCOS(=O)(=O)O)c(C#N)c(C)c2/N=N/c2ccc(-c3nc4ccc(C)c(S(=O)(=O)O)c4s3)cc2S(=O)(=O)O)cc1. The number of hydrogen-bond donors (Lipinski definition) is 5. The zero-order valence-electron chi connectivity index (χ0n) is 29.6. The molecule has 0 aliphatic carbocycles. The third-order valence-electron chi connectivity index (χ3n) is 8.04. The van der Waals surface area contributed by atoms with Crippen molar-refractivity contribution in [2.75, 3.05) is 30.3 Å². The monoisotopic (exact) mass is 877 g/mol. The average molecular weight is 878 g/mol. The van der Waals surface area contributed by atoms with Crippen LogP contribution in [0, 0.1) is 25.2 Å². The second kappa shape index (κ2) is 16.7. The highest BCUT2D eigenvalue weighted by Crippen LogP contribution is 2.40. The van der Waals surface area contributed by atoms with Gasteiger partial charge in [0.1, 0.15) is 38.1 Å². The second-order valence-electron chi connectivity index (χ2n) is 11.9. The Labute approximate surface area is 331 Å². The van der Waals surface area contributed by atoms with Crippen LogP contribution in [0.3, 0.4) is 0 Å². The van der Waals surface area contributed by atoms with E-state index >= 15 is 0 Å². The quantitative estimate of drug-likeness (QED) is 0.0460. The van der Waals surface area contributed by atoms with Gasteiger partial charge >= 0.3 is 10.4 Å². The summed E-state index contributed by atoms with van der Waals surface area (Å²) in [6, 6.07) is 14.7. The van der Waals surface area contributed by atoms with Gasteiger partial charge in [0.05, 0.1) is 27.3 Å². The van der Waals surface area contributed by atoms with E-state index in [1.54, 1.807) is 12.1 Å². The van der Waals surface area contributed by atoms with E-state index in [1.165, 1.54) is 50.2 Å². The molecule has 2 aromatic heterocycles. The maximum atomic E-state index is 12.6. The number of nitrogens with one attached hydrogen (secondary N) is 2. The summed E-state index contributed by atoms with van der Waals surface area (Å²) in [6.07, 6.45) is 0.322. The van der Waals surface area contributed by atoms with Crippen molar-refractivity contribution < 1.29 is 51.5 Å². The van der Waals surface area contributed by atoms with E-state index in [1.807, 2.05) is 6.07 Å². The van der Waals surface area contributed by atoms with Gasteiger partial charge in [0.25, 0.3) is 20.2 Å². The highest BCUT2D eigenvalue weighted by Gasteiger charge is 2.24. The summed E-state index contributed by atoms with van der Waals surface area (Å²) < 4.78 is 129. The normalized spacial score (nSPS) is 12.5. The number of hydrogen-bond acceptors (Lipinski definition) is 17. The lowest BCUT2D eigenvalue weighted by atomic mass is 10.1. The molecule has 0 fully saturated rings. The molecule has 5 aromatic rings. The predicted octanol–water partition coefficient (Wildman–Crippen LogP) is 5.56. The van der Waals surface area contributed by atoms with Crippen LogP contribution in [0.25, 0.3) is 20.8 Å². The maximum absolute atomic E-state index is 12.6. The largest absolute Gasteiger partial charge is 0.397 e. The van der Waals surface area contributed by atoms with Crippen LogP contribution in [0.4, 0.5) is 23.0 Å². The zero-order valence-corrected chi connectivity index (χ0v) is 33.7. The Morgan fingerprint density at radius 2 is 1.56 bits per heavy atom. The Morgan fingerprint density at radius 3 is 2.18 bits per heavy atom. The number of nitrogens with zero attached hydrogens (tertiary/aromatic N) is 5. The number of benzene rings is 3. The lowest BCUT2D eigenvalue weighted by Gasteiger charge is -2.16. The Hall–Kier alpha value is -5.23. The van der Waals surface area contributed by atoms with Gasteiger partial charge in [0.15, 0.2) is 15.7 Å². The van der Waals surface area contributed by atoms with E-state index in [-0.39, 0.29) is 83.4 Å². The fourth-order valence-corrected chi connectivity index (χ4v) is 9.30. The van der Waals surface area contributed by atoms with E-state index in [0.717, 1.165) is 28.4 Å². The van der Waals surface area contributed by atoms with Crippen LogP contribution < -0.4 is 10.6 Å². The van der Waals surface area contributed by atoms with Gasteiger partial charge in [-0.25, -0.2) is 22.6 Å². The number of rotatable bonds is 16. The number of nitriles is 1. The molecule has 2 heterocycles. The first-order valence-electron chi connectivity index (χ1n) is 16.0. The van der Waals surface area contributed by atoms with Crippen molar-refractivity contribution in [3.8, 4) is 16.6 Å². The van der Waals surface area contributed by atoms with Gasteiger partial charge in [0.2, 0.25) is 0 Å². The van der Waals surface area contributed by atoms with Crippen LogP contribution in [0.5, 0.6) is 0 Å². The molecule has 5 rings (SSSR count). The Balaban J connectivity index is 1.53. The smallest absolute Gasteiger partial charge is 0.368 e. The fraction of sp³-hybridized carbons (Fsp3) is 0.182. The molecule has 0 unspecified atom stereocenters. The third kappa shape index (κ3) is 10.2. The first kappa shape index (κ1) is 42.9. The molecular weight excluding hydrogens is 847 g/mol. The molecule has 0 radical (unpaired) electrons. The van der Waals surface area contributed by atoms with Gasteiger partial charge in [0, 0.05) is 29.6 Å². The van der Waals surface area contributed by atoms with Crippen LogP contribution in [-0.4, -0.2) is 77.0 Å². The Bertz CT molecular complexity index is 2930. The maximum Gasteiger partial charge on any atom is 0.397 e. The van der Waals surface area contributed by atoms with Crippen molar-refractivity contribution in [3.05, 3.63) is 88.8 Å². The summed E-state index contributed by atoms with van der Waals surface area (Å²) in [6.45, 7) is 5.69. The van der Waals surface area contributed by atoms with Crippen LogP contribution in [0.2, 0.25) is 0 Å². The molecule has 0 saturated carbocycles. The lowest BCUT2D eigenvalue weighted by molar-refractivity contribution is 0.278. The van der Waals surface area contributed by atoms with Crippen molar-refractivity contribution in [2.45, 2.75) is 35.0 Å². The van der Waals surface area contributed by atoms with E-state index in [9.17, 15) is 48.0 Å². The summed E-state index contributed by atoms with van der Waals surface area (Å²) >= 11 is 0.865. The van der Waals surface area contributed by atoms with Crippen molar-refractivity contribution in [1.29, 1.82) is 5.26 Å². The second-order valence-corrected chi connectivity index (χ2v) is 18.6. The molecule has 24 heteroatoms. The van der Waals surface area contributed by atoms with Crippen molar-refractivity contribution in [2.24, 2.45) is 10.2 Å². The minimum atomic E-state index is -4.98. The minimum absolute atomic E-state index is 0.0174. The van der Waals surface area contributed by atoms with Gasteiger partial charge in [-0.2, -0.15) is 30.5 Å². The van der Waals surface area contributed by atoms with Gasteiger partial charge in [-0.05, 0) is 67.8 Å². The number of fused-ring (bicyclic) bond motifs is 1. The highest BCUT2D eigenvalue weighted by atomic mass is 32.3. The van der Waals surface area contributed by atoms with Crippen LogP contribution in [0.15, 0.2) is 91.5 Å². The van der Waals surface area contributed by atoms with Crippen LogP contribution in [0.1, 0.15) is 22.3 Å². The Kier molecular flexibility index (Phi) is 12.6. The standard InChI is InChI=1S/C33H31N7O12S5/c1-4-54(41,42)23-9-6-21(7-10-23)13-14-35-32-28(20(3)24(18-34)31(38-32)36-15-16-52-57(49,50)51)40-39-25-12-8-22(17-27(25)55(43,44)45)33-37-26-11-5-19(2)30(29(26)53-33)56(46,47)48/h4-12,17H,1,13-16H2,2-3H3,(H2,35,36,38)(H,43,44,45)(H,46,47,48)(H,49,50,51)/b40-39+. The molecule has 19 nitrogen and oxygen atoms in total. The molecule has 300 valence electrons. The van der Waals surface area contributed by atoms with E-state index < -0.39 is 52.0 Å². The molecule has 0 atom stereocenters. The number of pyridine rings is 1. The lowest BCUT2D eigenvalue weighted by Crippen LogP contribution is -2.16. The summed E-state index contributed by atoms with van der Waals surface area (Å²) in [5, 5.41) is 25.1. The summed E-state index contributed by atoms with van der Waals surface area (Å²) in [7, 11) is -18.0. The van der Waals surface area contributed by atoms with Gasteiger partial charge in [-0.1, -0.05) is 24.8 Å². The molecule has 3 aromatic carbocycles. The fourth-order valence-electron chi connectivity index (χ4n) is 5.34. The zero-order chi connectivity index (χ0) is 41.9. The van der Waals surface area contributed by atoms with E-state index in [0.29, 0.717) is 6.42 Å². The molecule has 57 heavy (non-hydrogen) atoms. The van der Waals surface area contributed by atoms with Crippen molar-refractivity contribution in [3.63, 3.8) is 0 Å². The molecular formula is C33H31N7O12S5. The van der Waals surface area contributed by atoms with Gasteiger partial charge in [-0.15, -0.1) is 21.6 Å². The first-order valence-corrected chi connectivity index (χ1v) is 22.7. The number of sulfone groups is 1. The molecule has 0 aliphatic rings. The molecule has 5 N–H and O–H groups in total. The number of azo groups is 1. The molecule has 0 spiro atoms. The highest BCUT2D eigenvalue weighted by molar-refractivity contribution is 7.94. The summed E-state index contributed by atoms with van der Waals surface area (Å²) in [5.74, 6) is -0.0238. The van der Waals surface area contributed by atoms with Crippen molar-refractivity contribution >= 4 is 85.0 Å². The Morgan fingerprint density at radius 1 is 0.877 bits per heavy atom. The number of anilines is 2.